The number of carbonyl (C=O) groups is 1. The van der Waals surface area contributed by atoms with Crippen LogP contribution in [0, 0.1) is 0 Å². The van der Waals surface area contributed by atoms with E-state index in [0.29, 0.717) is 37.6 Å². The van der Waals surface area contributed by atoms with Gasteiger partial charge in [0, 0.05) is 37.8 Å². The summed E-state index contributed by atoms with van der Waals surface area (Å²) >= 11 is 1.57. The zero-order valence-electron chi connectivity index (χ0n) is 17.8. The molecule has 4 aromatic rings. The average Bonchev–Trinajstić information content (AvgIpc) is 3.52. The first-order valence-corrected chi connectivity index (χ1v) is 11.1. The number of thiazole rings is 1. The molecule has 0 N–H and O–H groups in total. The molecule has 1 aliphatic rings. The average molecular weight is 451 g/mol. The van der Waals surface area contributed by atoms with E-state index in [2.05, 4.69) is 10.1 Å². The SMILES string of the molecule is COc1ccc(OC)c2sc(N3CCN(C(=O)c4cc(-c5ccccc5)on4)CC3)nc12. The van der Waals surface area contributed by atoms with E-state index in [1.165, 1.54) is 0 Å². The summed E-state index contributed by atoms with van der Waals surface area (Å²) in [5.41, 5.74) is 2.01. The van der Waals surface area contributed by atoms with Crippen molar-refractivity contribution < 1.29 is 18.8 Å². The molecule has 1 fully saturated rings. The molecule has 2 aromatic carbocycles. The molecule has 0 spiro atoms. The molecule has 0 atom stereocenters. The van der Waals surface area contributed by atoms with Crippen molar-refractivity contribution in [3.05, 3.63) is 54.2 Å². The van der Waals surface area contributed by atoms with Crippen LogP contribution in [0.25, 0.3) is 21.5 Å². The number of fused-ring (bicyclic) bond motifs is 1. The molecule has 2 aromatic heterocycles. The maximum atomic E-state index is 12.9. The first kappa shape index (κ1) is 20.3. The highest BCUT2D eigenvalue weighted by atomic mass is 32.1. The Morgan fingerprint density at radius 3 is 2.44 bits per heavy atom. The molecule has 0 aliphatic carbocycles. The zero-order valence-corrected chi connectivity index (χ0v) is 18.6. The Morgan fingerprint density at radius 1 is 1.00 bits per heavy atom. The summed E-state index contributed by atoms with van der Waals surface area (Å²) in [6.45, 7) is 2.52. The van der Waals surface area contributed by atoms with Gasteiger partial charge in [-0.1, -0.05) is 46.8 Å². The van der Waals surface area contributed by atoms with Gasteiger partial charge in [-0.05, 0) is 12.1 Å². The number of aromatic nitrogens is 2. The van der Waals surface area contributed by atoms with Gasteiger partial charge in [0.25, 0.3) is 5.91 Å². The van der Waals surface area contributed by atoms with Crippen molar-refractivity contribution >= 4 is 32.6 Å². The lowest BCUT2D eigenvalue weighted by molar-refractivity contribution is 0.0736. The molecule has 0 unspecified atom stereocenters. The van der Waals surface area contributed by atoms with Crippen molar-refractivity contribution in [3.8, 4) is 22.8 Å². The second kappa shape index (κ2) is 8.51. The van der Waals surface area contributed by atoms with E-state index >= 15 is 0 Å². The number of rotatable bonds is 5. The lowest BCUT2D eigenvalue weighted by Gasteiger charge is -2.34. The molecule has 5 rings (SSSR count). The van der Waals surface area contributed by atoms with Crippen molar-refractivity contribution in [1.82, 2.24) is 15.0 Å². The van der Waals surface area contributed by atoms with Crippen LogP contribution < -0.4 is 14.4 Å². The van der Waals surface area contributed by atoms with Gasteiger partial charge in [-0.2, -0.15) is 0 Å². The predicted molar refractivity (Wildman–Crippen MR) is 123 cm³/mol. The monoisotopic (exact) mass is 450 g/mol. The van der Waals surface area contributed by atoms with E-state index in [9.17, 15) is 4.79 Å². The van der Waals surface area contributed by atoms with Gasteiger partial charge in [-0.25, -0.2) is 4.98 Å². The molecule has 0 saturated carbocycles. The fraction of sp³-hybridized carbons (Fsp3) is 0.261. The van der Waals surface area contributed by atoms with Crippen molar-refractivity contribution in [3.63, 3.8) is 0 Å². The third-order valence-electron chi connectivity index (χ3n) is 5.52. The normalized spacial score (nSPS) is 14.1. The summed E-state index contributed by atoms with van der Waals surface area (Å²) in [4.78, 5) is 21.7. The van der Waals surface area contributed by atoms with Crippen LogP contribution in [0.15, 0.2) is 53.1 Å². The Hall–Kier alpha value is -3.59. The fourth-order valence-electron chi connectivity index (χ4n) is 3.79. The third kappa shape index (κ3) is 3.64. The van der Waals surface area contributed by atoms with Gasteiger partial charge < -0.3 is 23.8 Å². The molecule has 9 heteroatoms. The number of nitrogens with zero attached hydrogens (tertiary/aromatic N) is 4. The topological polar surface area (TPSA) is 80.9 Å². The van der Waals surface area contributed by atoms with Crippen LogP contribution in [0.2, 0.25) is 0 Å². The number of hydrogen-bond donors (Lipinski definition) is 0. The molecule has 164 valence electrons. The Morgan fingerprint density at radius 2 is 1.72 bits per heavy atom. The molecule has 1 saturated heterocycles. The highest BCUT2D eigenvalue weighted by molar-refractivity contribution is 7.22. The quantitative estimate of drug-likeness (QED) is 0.456. The molecular weight excluding hydrogens is 428 g/mol. The van der Waals surface area contributed by atoms with Gasteiger partial charge in [-0.3, -0.25) is 4.79 Å². The van der Waals surface area contributed by atoms with Gasteiger partial charge in [0.2, 0.25) is 0 Å². The number of amides is 1. The number of ether oxygens (including phenoxy) is 2. The summed E-state index contributed by atoms with van der Waals surface area (Å²) in [6, 6.07) is 15.1. The van der Waals surface area contributed by atoms with Crippen LogP contribution in [0.4, 0.5) is 5.13 Å². The fourth-order valence-corrected chi connectivity index (χ4v) is 4.91. The smallest absolute Gasteiger partial charge is 0.276 e. The molecule has 1 amide bonds. The maximum absolute atomic E-state index is 12.9. The lowest BCUT2D eigenvalue weighted by atomic mass is 10.1. The lowest BCUT2D eigenvalue weighted by Crippen LogP contribution is -2.48. The maximum Gasteiger partial charge on any atom is 0.276 e. The number of methoxy groups -OCH3 is 2. The number of piperazine rings is 1. The third-order valence-corrected chi connectivity index (χ3v) is 6.65. The van der Waals surface area contributed by atoms with E-state index in [1.54, 1.807) is 36.5 Å². The summed E-state index contributed by atoms with van der Waals surface area (Å²) in [6.07, 6.45) is 0. The second-order valence-corrected chi connectivity index (χ2v) is 8.34. The Balaban J connectivity index is 1.29. The highest BCUT2D eigenvalue weighted by Crippen LogP contribution is 2.40. The van der Waals surface area contributed by atoms with Crippen molar-refractivity contribution in [2.75, 3.05) is 45.3 Å². The molecule has 8 nitrogen and oxygen atoms in total. The van der Waals surface area contributed by atoms with Gasteiger partial charge in [0.15, 0.2) is 16.6 Å². The van der Waals surface area contributed by atoms with Crippen LogP contribution in [0.1, 0.15) is 10.5 Å². The van der Waals surface area contributed by atoms with Crippen molar-refractivity contribution in [2.24, 2.45) is 0 Å². The van der Waals surface area contributed by atoms with E-state index < -0.39 is 0 Å². The first-order chi connectivity index (χ1) is 15.7. The van der Waals surface area contributed by atoms with Crippen LogP contribution in [0.3, 0.4) is 0 Å². The molecule has 1 aliphatic heterocycles. The Labute approximate surface area is 189 Å². The standard InChI is InChI=1S/C23H22N4O4S/c1-29-17-8-9-18(30-2)21-20(17)24-23(32-21)27-12-10-26(11-13-27)22(28)16-14-19(31-25-16)15-6-4-3-5-7-15/h3-9,14H,10-13H2,1-2H3. The first-order valence-electron chi connectivity index (χ1n) is 10.3. The van der Waals surface area contributed by atoms with Crippen molar-refractivity contribution in [1.29, 1.82) is 0 Å². The Bertz CT molecular complexity index is 1200. The van der Waals surface area contributed by atoms with Gasteiger partial charge in [-0.15, -0.1) is 0 Å². The zero-order chi connectivity index (χ0) is 22.1. The van der Waals surface area contributed by atoms with Crippen molar-refractivity contribution in [2.45, 2.75) is 0 Å². The Kier molecular flexibility index (Phi) is 5.40. The van der Waals surface area contributed by atoms with Gasteiger partial charge in [0.1, 0.15) is 21.7 Å². The number of benzene rings is 2. The second-order valence-electron chi connectivity index (χ2n) is 7.37. The van der Waals surface area contributed by atoms with Crippen LogP contribution in [0.5, 0.6) is 11.5 Å². The highest BCUT2D eigenvalue weighted by Gasteiger charge is 2.27. The van der Waals surface area contributed by atoms with Crippen LogP contribution in [-0.4, -0.2) is 61.3 Å². The predicted octanol–water partition coefficient (Wildman–Crippen LogP) is 3.93. The number of carbonyl (C=O) groups excluding carboxylic acids is 1. The van der Waals surface area contributed by atoms with E-state index in [0.717, 1.165) is 32.4 Å². The molecule has 3 heterocycles. The summed E-state index contributed by atoms with van der Waals surface area (Å²) in [5, 5.41) is 4.89. The van der Waals surface area contributed by atoms with Gasteiger partial charge in [0.05, 0.1) is 14.2 Å². The largest absolute Gasteiger partial charge is 0.495 e. The number of anilines is 1. The molecular formula is C23H22N4O4S. The van der Waals surface area contributed by atoms with E-state index in [1.807, 2.05) is 42.5 Å². The molecule has 0 radical (unpaired) electrons. The van der Waals surface area contributed by atoms with Crippen LogP contribution >= 0.6 is 11.3 Å². The minimum atomic E-state index is -0.122. The van der Waals surface area contributed by atoms with Crippen LogP contribution in [-0.2, 0) is 0 Å². The number of hydrogen-bond acceptors (Lipinski definition) is 8. The minimum Gasteiger partial charge on any atom is -0.495 e. The van der Waals surface area contributed by atoms with E-state index in [4.69, 9.17) is 19.0 Å². The summed E-state index contributed by atoms with van der Waals surface area (Å²) < 4.78 is 17.3. The summed E-state index contributed by atoms with van der Waals surface area (Å²) in [7, 11) is 3.29. The minimum absolute atomic E-state index is 0.122. The van der Waals surface area contributed by atoms with Gasteiger partial charge >= 0.3 is 0 Å². The molecule has 32 heavy (non-hydrogen) atoms. The van der Waals surface area contributed by atoms with E-state index in [-0.39, 0.29) is 5.91 Å². The summed E-state index contributed by atoms with van der Waals surface area (Å²) in [5.74, 6) is 1.96. The molecule has 0 bridgehead atoms.